The predicted octanol–water partition coefficient (Wildman–Crippen LogP) is 2.75. The molecule has 0 aliphatic rings. The molecule has 0 atom stereocenters. The van der Waals surface area contributed by atoms with Gasteiger partial charge in [0.15, 0.2) is 0 Å². The highest BCUT2D eigenvalue weighted by Gasteiger charge is 2.21. The molecule has 0 heterocycles. The molecule has 0 unspecified atom stereocenters. The van der Waals surface area contributed by atoms with E-state index in [2.05, 4.69) is 10.6 Å². The Bertz CT molecular complexity index is 1010. The molecule has 2 N–H and O–H groups in total. The molecule has 0 aliphatic heterocycles. The lowest BCUT2D eigenvalue weighted by Crippen LogP contribution is -2.30. The van der Waals surface area contributed by atoms with Gasteiger partial charge in [-0.3, -0.25) is 9.59 Å². The largest absolute Gasteiger partial charge is 0.351 e. The number of anilines is 1. The summed E-state index contributed by atoms with van der Waals surface area (Å²) in [4.78, 5) is 24.0. The Morgan fingerprint density at radius 1 is 1.00 bits per heavy atom. The van der Waals surface area contributed by atoms with Crippen LogP contribution < -0.4 is 10.6 Å². The van der Waals surface area contributed by atoms with Crippen LogP contribution in [0.3, 0.4) is 0 Å². The van der Waals surface area contributed by atoms with E-state index in [-0.39, 0.29) is 23.4 Å². The lowest BCUT2D eigenvalue weighted by molar-refractivity contribution is -0.116. The van der Waals surface area contributed by atoms with Crippen molar-refractivity contribution in [1.82, 2.24) is 9.62 Å². The number of carbonyl (C=O) groups excluding carboxylic acids is 2. The number of hydrogen-bond acceptors (Lipinski definition) is 4. The van der Waals surface area contributed by atoms with Gasteiger partial charge in [0.2, 0.25) is 15.9 Å². The average Bonchev–Trinajstić information content (AvgIpc) is 2.69. The summed E-state index contributed by atoms with van der Waals surface area (Å²) in [5.41, 5.74) is 0.0798. The van der Waals surface area contributed by atoms with Gasteiger partial charge in [-0.05, 0) is 36.4 Å². The number of sulfonamides is 1. The summed E-state index contributed by atoms with van der Waals surface area (Å²) in [5, 5.41) is 4.97. The van der Waals surface area contributed by atoms with Crippen molar-refractivity contribution in [1.29, 1.82) is 0 Å². The third kappa shape index (κ3) is 5.83. The number of nitrogens with one attached hydrogen (secondary N) is 2. The highest BCUT2D eigenvalue weighted by atomic mass is 32.2. The molecule has 0 saturated heterocycles. The van der Waals surface area contributed by atoms with Crippen molar-refractivity contribution in [2.75, 3.05) is 25.0 Å². The fourth-order valence-electron chi connectivity index (χ4n) is 2.70. The molecule has 0 spiro atoms. The van der Waals surface area contributed by atoms with E-state index in [1.807, 2.05) is 0 Å². The quantitative estimate of drug-likeness (QED) is 0.628. The van der Waals surface area contributed by atoms with Gasteiger partial charge in [0.25, 0.3) is 5.91 Å². The van der Waals surface area contributed by atoms with Gasteiger partial charge in [-0.1, -0.05) is 13.8 Å². The summed E-state index contributed by atoms with van der Waals surface area (Å²) in [6.45, 7) is 4.14. The number of halogens is 2. The maximum atomic E-state index is 13.6. The maximum Gasteiger partial charge on any atom is 0.254 e. The second-order valence-corrected chi connectivity index (χ2v) is 8.23. The smallest absolute Gasteiger partial charge is 0.254 e. The second-order valence-electron chi connectivity index (χ2n) is 6.29. The van der Waals surface area contributed by atoms with Gasteiger partial charge in [0, 0.05) is 37.8 Å². The molecule has 0 fully saturated rings. The Kier molecular flexibility index (Phi) is 8.01. The molecule has 2 amide bonds. The first kappa shape index (κ1) is 23.4. The first-order valence-corrected chi connectivity index (χ1v) is 10.8. The van der Waals surface area contributed by atoms with Gasteiger partial charge in [-0.25, -0.2) is 17.2 Å². The molecular weight excluding hydrogens is 416 g/mol. The molecule has 2 rings (SSSR count). The van der Waals surface area contributed by atoms with E-state index in [1.165, 1.54) is 28.6 Å². The van der Waals surface area contributed by atoms with Crippen molar-refractivity contribution >= 4 is 27.5 Å². The number of hydrogen-bond donors (Lipinski definition) is 2. The maximum absolute atomic E-state index is 13.6. The number of carbonyl (C=O) groups is 2. The summed E-state index contributed by atoms with van der Waals surface area (Å²) in [6, 6.07) is 8.35. The van der Waals surface area contributed by atoms with Crippen LogP contribution in [0.2, 0.25) is 0 Å². The molecule has 10 heteroatoms. The molecule has 162 valence electrons. The summed E-state index contributed by atoms with van der Waals surface area (Å²) in [7, 11) is -3.58. The topological polar surface area (TPSA) is 95.6 Å². The van der Waals surface area contributed by atoms with Gasteiger partial charge in [0.1, 0.15) is 11.6 Å². The third-order valence-corrected chi connectivity index (χ3v) is 6.36. The zero-order valence-electron chi connectivity index (χ0n) is 16.6. The van der Waals surface area contributed by atoms with Crippen molar-refractivity contribution in [3.8, 4) is 0 Å². The zero-order chi connectivity index (χ0) is 22.3. The molecule has 30 heavy (non-hydrogen) atoms. The van der Waals surface area contributed by atoms with Crippen LogP contribution in [0, 0.1) is 11.6 Å². The summed E-state index contributed by atoms with van der Waals surface area (Å²) in [6.07, 6.45) is -0.0892. The van der Waals surface area contributed by atoms with E-state index in [1.54, 1.807) is 13.8 Å². The van der Waals surface area contributed by atoms with E-state index in [0.717, 1.165) is 12.1 Å². The van der Waals surface area contributed by atoms with E-state index in [0.29, 0.717) is 24.8 Å². The molecule has 2 aromatic carbocycles. The van der Waals surface area contributed by atoms with Crippen LogP contribution in [0.1, 0.15) is 30.6 Å². The van der Waals surface area contributed by atoms with Crippen molar-refractivity contribution in [3.05, 3.63) is 59.7 Å². The van der Waals surface area contributed by atoms with Crippen LogP contribution in [-0.2, 0) is 14.8 Å². The van der Waals surface area contributed by atoms with E-state index in [9.17, 15) is 26.8 Å². The Morgan fingerprint density at radius 2 is 1.63 bits per heavy atom. The molecule has 0 radical (unpaired) electrons. The minimum absolute atomic E-state index is 0.0596. The van der Waals surface area contributed by atoms with E-state index < -0.39 is 33.5 Å². The normalized spacial score (nSPS) is 11.4. The Morgan fingerprint density at radius 3 is 2.20 bits per heavy atom. The van der Waals surface area contributed by atoms with E-state index in [4.69, 9.17) is 0 Å². The second kappa shape index (κ2) is 10.3. The summed E-state index contributed by atoms with van der Waals surface area (Å²) < 4.78 is 52.7. The van der Waals surface area contributed by atoms with Crippen molar-refractivity contribution in [2.24, 2.45) is 0 Å². The molecule has 0 bridgehead atoms. The molecule has 0 aliphatic carbocycles. The van der Waals surface area contributed by atoms with Gasteiger partial charge in [-0.2, -0.15) is 4.31 Å². The monoisotopic (exact) mass is 439 g/mol. The first-order chi connectivity index (χ1) is 14.2. The molecule has 0 aromatic heterocycles. The van der Waals surface area contributed by atoms with Gasteiger partial charge >= 0.3 is 0 Å². The van der Waals surface area contributed by atoms with Crippen LogP contribution in [0.4, 0.5) is 14.5 Å². The van der Waals surface area contributed by atoms with Crippen LogP contribution >= 0.6 is 0 Å². The molecular formula is C20H23F2N3O4S. The van der Waals surface area contributed by atoms with E-state index >= 15 is 0 Å². The predicted molar refractivity (Wildman–Crippen MR) is 108 cm³/mol. The van der Waals surface area contributed by atoms with Gasteiger partial charge in [0.05, 0.1) is 10.5 Å². The third-order valence-electron chi connectivity index (χ3n) is 4.29. The first-order valence-electron chi connectivity index (χ1n) is 9.32. The summed E-state index contributed by atoms with van der Waals surface area (Å²) >= 11 is 0. The Labute approximate surface area is 174 Å². The SMILES string of the molecule is CCN(CC)S(=O)(=O)c1ccc(NC(=O)CCNC(=O)c2ccc(F)cc2F)cc1. The van der Waals surface area contributed by atoms with Crippen molar-refractivity contribution < 1.29 is 26.8 Å². The van der Waals surface area contributed by atoms with Crippen LogP contribution in [-0.4, -0.2) is 44.2 Å². The highest BCUT2D eigenvalue weighted by molar-refractivity contribution is 7.89. The average molecular weight is 439 g/mol. The lowest BCUT2D eigenvalue weighted by Gasteiger charge is -2.18. The van der Waals surface area contributed by atoms with Crippen LogP contribution in [0.25, 0.3) is 0 Å². The fraction of sp³-hybridized carbons (Fsp3) is 0.300. The minimum Gasteiger partial charge on any atom is -0.351 e. The lowest BCUT2D eigenvalue weighted by atomic mass is 10.2. The van der Waals surface area contributed by atoms with Crippen LogP contribution in [0.15, 0.2) is 47.4 Å². The molecule has 0 saturated carbocycles. The number of nitrogens with zero attached hydrogens (tertiary/aromatic N) is 1. The minimum atomic E-state index is -3.58. The Hall–Kier alpha value is -2.85. The van der Waals surface area contributed by atoms with Crippen molar-refractivity contribution in [2.45, 2.75) is 25.2 Å². The fourth-order valence-corrected chi connectivity index (χ4v) is 4.16. The Balaban J connectivity index is 1.88. The molecule has 2 aromatic rings. The van der Waals surface area contributed by atoms with Gasteiger partial charge < -0.3 is 10.6 Å². The van der Waals surface area contributed by atoms with Gasteiger partial charge in [-0.15, -0.1) is 0 Å². The number of rotatable bonds is 9. The number of benzene rings is 2. The standard InChI is InChI=1S/C20H23F2N3O4S/c1-3-25(4-2)30(28,29)16-8-6-15(7-9-16)24-19(26)11-12-23-20(27)17-10-5-14(21)13-18(17)22/h5-10,13H,3-4,11-12H2,1-2H3,(H,23,27)(H,24,26). The summed E-state index contributed by atoms with van der Waals surface area (Å²) in [5.74, 6) is -2.96. The highest BCUT2D eigenvalue weighted by Crippen LogP contribution is 2.18. The number of amides is 2. The molecule has 7 nitrogen and oxygen atoms in total. The zero-order valence-corrected chi connectivity index (χ0v) is 17.4. The van der Waals surface area contributed by atoms with Crippen molar-refractivity contribution in [3.63, 3.8) is 0 Å². The van der Waals surface area contributed by atoms with Crippen LogP contribution in [0.5, 0.6) is 0 Å².